The van der Waals surface area contributed by atoms with Gasteiger partial charge in [-0.1, -0.05) is 19.8 Å². The van der Waals surface area contributed by atoms with E-state index in [1.165, 1.54) is 12.8 Å². The second-order valence-electron chi connectivity index (χ2n) is 8.02. The summed E-state index contributed by atoms with van der Waals surface area (Å²) in [5.41, 5.74) is 7.86. The highest BCUT2D eigenvalue weighted by atomic mass is 32.3. The maximum atomic E-state index is 9.68. The molecule has 0 unspecified atom stereocenters. The minimum absolute atomic E-state index is 0.744. The lowest BCUT2D eigenvalue weighted by Gasteiger charge is -1.86. The minimum atomic E-state index is -4.67. The van der Waals surface area contributed by atoms with Gasteiger partial charge in [0.15, 0.2) is 0 Å². The van der Waals surface area contributed by atoms with Gasteiger partial charge >= 0.3 is 10.4 Å². The Labute approximate surface area is 209 Å². The largest absolute Gasteiger partial charge is 0.394 e. The van der Waals surface area contributed by atoms with Crippen molar-refractivity contribution >= 4 is 63.1 Å². The van der Waals surface area contributed by atoms with Crippen molar-refractivity contribution in [3.8, 4) is 0 Å². The lowest BCUT2D eigenvalue weighted by atomic mass is 10.2. The Kier molecular flexibility index (Phi) is 9.46. The highest BCUT2D eigenvalue weighted by Crippen LogP contribution is 2.17. The van der Waals surface area contributed by atoms with Gasteiger partial charge in [0.25, 0.3) is 0 Å². The summed E-state index contributed by atoms with van der Waals surface area (Å²) in [6, 6.07) is 16.4. The SMILES string of the molecule is C1=Cc2cc3ccc(cc4ccc(cc5nc(cc1n2)C=C5)[nH]4)[nH]3.CCCCCC=O.O=S(=O)(O)O. The van der Waals surface area contributed by atoms with Crippen LogP contribution in [-0.4, -0.2) is 43.7 Å². The molecule has 0 saturated heterocycles. The van der Waals surface area contributed by atoms with Crippen LogP contribution in [0.15, 0.2) is 48.5 Å². The molecule has 188 valence electrons. The first-order chi connectivity index (χ1) is 17.2. The molecule has 3 aromatic heterocycles. The average Bonchev–Trinajstić information content (AvgIpc) is 3.59. The van der Waals surface area contributed by atoms with Crippen molar-refractivity contribution in [1.82, 2.24) is 19.9 Å². The first kappa shape index (κ1) is 26.7. The Morgan fingerprint density at radius 2 is 1.11 bits per heavy atom. The zero-order valence-corrected chi connectivity index (χ0v) is 20.6. The molecule has 10 heteroatoms. The Bertz CT molecular complexity index is 1420. The van der Waals surface area contributed by atoms with Gasteiger partial charge in [0.1, 0.15) is 6.29 Å². The highest BCUT2D eigenvalue weighted by molar-refractivity contribution is 7.79. The molecule has 9 nitrogen and oxygen atoms in total. The van der Waals surface area contributed by atoms with Crippen LogP contribution in [0.2, 0.25) is 0 Å². The quantitative estimate of drug-likeness (QED) is 0.137. The maximum Gasteiger partial charge on any atom is 0.394 e. The lowest BCUT2D eigenvalue weighted by molar-refractivity contribution is -0.107. The number of hydrogen-bond acceptors (Lipinski definition) is 5. The monoisotopic (exact) mass is 508 g/mol. The number of fused-ring (bicyclic) bond motifs is 8. The summed E-state index contributed by atoms with van der Waals surface area (Å²) < 4.78 is 31.6. The lowest BCUT2D eigenvalue weighted by Crippen LogP contribution is -1.89. The zero-order valence-electron chi connectivity index (χ0n) is 19.8. The molecule has 5 rings (SSSR count). The molecule has 2 aliphatic rings. The molecule has 3 aromatic rings. The summed E-state index contributed by atoms with van der Waals surface area (Å²) in [5, 5.41) is 0. The van der Waals surface area contributed by atoms with Crippen molar-refractivity contribution in [2.24, 2.45) is 0 Å². The van der Waals surface area contributed by atoms with E-state index in [2.05, 4.69) is 57.2 Å². The summed E-state index contributed by atoms with van der Waals surface area (Å²) in [6.07, 6.45) is 13.2. The summed E-state index contributed by atoms with van der Waals surface area (Å²) >= 11 is 0. The molecule has 2 aliphatic heterocycles. The van der Waals surface area contributed by atoms with E-state index in [1.54, 1.807) is 0 Å². The minimum Gasteiger partial charge on any atom is -0.355 e. The molecule has 4 N–H and O–H groups in total. The van der Waals surface area contributed by atoms with Crippen molar-refractivity contribution in [2.45, 2.75) is 32.6 Å². The van der Waals surface area contributed by atoms with Crippen molar-refractivity contribution in [2.75, 3.05) is 0 Å². The second kappa shape index (κ2) is 12.7. The molecule has 0 atom stereocenters. The topological polar surface area (TPSA) is 149 Å². The third-order valence-corrected chi connectivity index (χ3v) is 4.97. The van der Waals surface area contributed by atoms with E-state index in [-0.39, 0.29) is 0 Å². The summed E-state index contributed by atoms with van der Waals surface area (Å²) in [6.45, 7) is 2.13. The van der Waals surface area contributed by atoms with Crippen molar-refractivity contribution in [3.63, 3.8) is 0 Å². The van der Waals surface area contributed by atoms with E-state index in [0.717, 1.165) is 64.0 Å². The van der Waals surface area contributed by atoms with Crippen molar-refractivity contribution in [3.05, 3.63) is 71.3 Å². The maximum absolute atomic E-state index is 9.68. The molecule has 0 saturated carbocycles. The first-order valence-corrected chi connectivity index (χ1v) is 12.8. The van der Waals surface area contributed by atoms with Crippen LogP contribution in [0.5, 0.6) is 0 Å². The number of hydrogen-bond donors (Lipinski definition) is 4. The molecule has 0 aliphatic carbocycles. The molecule has 0 fully saturated rings. The number of nitrogens with one attached hydrogen (secondary N) is 2. The third kappa shape index (κ3) is 9.41. The van der Waals surface area contributed by atoms with Crippen LogP contribution in [0, 0.1) is 0 Å². The van der Waals surface area contributed by atoms with Crippen LogP contribution in [0.25, 0.3) is 46.4 Å². The average molecular weight is 509 g/mol. The van der Waals surface area contributed by atoms with Crippen LogP contribution in [-0.2, 0) is 15.2 Å². The van der Waals surface area contributed by atoms with Gasteiger partial charge in [0, 0.05) is 28.5 Å². The van der Waals surface area contributed by atoms with Gasteiger partial charge in [-0.2, -0.15) is 8.42 Å². The van der Waals surface area contributed by atoms with Crippen molar-refractivity contribution < 1.29 is 22.3 Å². The molecule has 8 bridgehead atoms. The van der Waals surface area contributed by atoms with Gasteiger partial charge in [-0.05, 0) is 79.3 Å². The van der Waals surface area contributed by atoms with E-state index < -0.39 is 10.4 Å². The second-order valence-corrected chi connectivity index (χ2v) is 8.91. The van der Waals surface area contributed by atoms with Gasteiger partial charge in [-0.15, -0.1) is 0 Å². The van der Waals surface area contributed by atoms with Gasteiger partial charge in [-0.3, -0.25) is 9.11 Å². The summed E-state index contributed by atoms with van der Waals surface area (Å²) in [5.74, 6) is 0. The van der Waals surface area contributed by atoms with E-state index in [1.807, 2.05) is 42.5 Å². The number of aldehydes is 1. The molecule has 0 radical (unpaired) electrons. The van der Waals surface area contributed by atoms with Gasteiger partial charge in [-0.25, -0.2) is 9.97 Å². The number of carbonyl (C=O) groups is 1. The molecule has 36 heavy (non-hydrogen) atoms. The van der Waals surface area contributed by atoms with Crippen LogP contribution in [0.1, 0.15) is 55.4 Å². The van der Waals surface area contributed by atoms with Crippen LogP contribution in [0.3, 0.4) is 0 Å². The number of nitrogens with zero attached hydrogens (tertiary/aromatic N) is 2. The fourth-order valence-corrected chi connectivity index (χ4v) is 3.42. The van der Waals surface area contributed by atoms with Crippen molar-refractivity contribution in [1.29, 1.82) is 0 Å². The number of unbranched alkanes of at least 4 members (excludes halogenated alkanes) is 3. The molecular weight excluding hydrogens is 480 g/mol. The molecule has 0 aromatic carbocycles. The van der Waals surface area contributed by atoms with Gasteiger partial charge in [0.2, 0.25) is 0 Å². The Morgan fingerprint density at radius 3 is 1.50 bits per heavy atom. The summed E-state index contributed by atoms with van der Waals surface area (Å²) in [7, 11) is -4.67. The number of aromatic amines is 2. The molecule has 5 heterocycles. The standard InChI is InChI=1S/C20H14N4.C6H12O.H2O4S/c1-2-14-10-16-5-6-18(23-16)12-20-8-7-19(24-20)11-17-4-3-15(22-17)9-13(1)21-14;1-2-3-4-5-6-7;1-5(2,3)4/h1-12,21-22H;6H,2-5H2,1H3;(H2,1,2,3,4). The van der Waals surface area contributed by atoms with Gasteiger partial charge in [0.05, 0.1) is 22.8 Å². The normalized spacial score (nSPS) is 11.8. The first-order valence-electron chi connectivity index (χ1n) is 11.4. The highest BCUT2D eigenvalue weighted by Gasteiger charge is 2.02. The Hall–Kier alpha value is -3.86. The Balaban J connectivity index is 0.000000254. The van der Waals surface area contributed by atoms with Crippen LogP contribution >= 0.6 is 0 Å². The summed E-state index contributed by atoms with van der Waals surface area (Å²) in [4.78, 5) is 25.7. The molecule has 0 spiro atoms. The van der Waals surface area contributed by atoms with E-state index >= 15 is 0 Å². The third-order valence-electron chi connectivity index (χ3n) is 4.97. The fraction of sp³-hybridized carbons (Fsp3) is 0.192. The predicted octanol–water partition coefficient (Wildman–Crippen LogP) is 5.77. The molecular formula is C26H28N4O5S. The number of aromatic nitrogens is 4. The Morgan fingerprint density at radius 1 is 0.722 bits per heavy atom. The fourth-order valence-electron chi connectivity index (χ4n) is 3.42. The number of carbonyl (C=O) groups excluding carboxylic acids is 1. The number of H-pyrrole nitrogens is 2. The van der Waals surface area contributed by atoms with Crippen LogP contribution < -0.4 is 0 Å². The smallest absolute Gasteiger partial charge is 0.355 e. The number of rotatable bonds is 4. The van der Waals surface area contributed by atoms with Crippen LogP contribution in [0.4, 0.5) is 0 Å². The van der Waals surface area contributed by atoms with E-state index in [0.29, 0.717) is 0 Å². The molecule has 0 amide bonds. The van der Waals surface area contributed by atoms with Gasteiger partial charge < -0.3 is 14.8 Å². The van der Waals surface area contributed by atoms with E-state index in [4.69, 9.17) is 17.5 Å². The van der Waals surface area contributed by atoms with E-state index in [9.17, 15) is 4.79 Å². The predicted molar refractivity (Wildman–Crippen MR) is 143 cm³/mol. The zero-order chi connectivity index (χ0) is 26.0.